The lowest BCUT2D eigenvalue weighted by Gasteiger charge is -2.22. The maximum atomic E-state index is 12.0. The van der Waals surface area contributed by atoms with Gasteiger partial charge in [0.15, 0.2) is 5.96 Å². The lowest BCUT2D eigenvalue weighted by atomic mass is 10.2. The van der Waals surface area contributed by atoms with E-state index in [0.717, 1.165) is 51.6 Å². The summed E-state index contributed by atoms with van der Waals surface area (Å²) < 4.78 is 0. The van der Waals surface area contributed by atoms with E-state index in [4.69, 9.17) is 0 Å². The summed E-state index contributed by atoms with van der Waals surface area (Å²) >= 11 is 0. The molecule has 23 heavy (non-hydrogen) atoms. The first kappa shape index (κ1) is 19.7. The topological polar surface area (TPSA) is 60.0 Å². The number of nitrogens with one attached hydrogen (secondary N) is 2. The molecular weight excluding hydrogens is 290 g/mol. The monoisotopic (exact) mass is 325 g/mol. The average molecular weight is 326 g/mol. The molecule has 1 fully saturated rings. The molecular formula is C17H35N5O. The Morgan fingerprint density at radius 2 is 2.09 bits per heavy atom. The minimum atomic E-state index is 0.0739. The zero-order valence-electron chi connectivity index (χ0n) is 15.6. The van der Waals surface area contributed by atoms with Gasteiger partial charge in [0.1, 0.15) is 0 Å². The van der Waals surface area contributed by atoms with Crippen molar-refractivity contribution in [2.75, 3.05) is 46.3 Å². The van der Waals surface area contributed by atoms with Gasteiger partial charge in [-0.1, -0.05) is 27.7 Å². The summed E-state index contributed by atoms with van der Waals surface area (Å²) in [6.45, 7) is 14.1. The summed E-state index contributed by atoms with van der Waals surface area (Å²) in [6, 6.07) is 0.293. The number of carbonyl (C=O) groups excluding carboxylic acids is 1. The first-order chi connectivity index (χ1) is 11.0. The van der Waals surface area contributed by atoms with Gasteiger partial charge in [0, 0.05) is 45.2 Å². The number of amides is 1. The van der Waals surface area contributed by atoms with Crippen molar-refractivity contribution < 1.29 is 4.79 Å². The van der Waals surface area contributed by atoms with E-state index in [9.17, 15) is 4.79 Å². The Morgan fingerprint density at radius 3 is 2.65 bits per heavy atom. The number of rotatable bonds is 8. The molecule has 2 N–H and O–H groups in total. The Hall–Kier alpha value is -1.30. The summed E-state index contributed by atoms with van der Waals surface area (Å²) in [7, 11) is 1.80. The Bertz CT molecular complexity index is 383. The van der Waals surface area contributed by atoms with Crippen LogP contribution in [0.5, 0.6) is 0 Å². The second-order valence-corrected chi connectivity index (χ2v) is 6.50. The van der Waals surface area contributed by atoms with Gasteiger partial charge in [-0.05, 0) is 25.9 Å². The predicted molar refractivity (Wildman–Crippen MR) is 96.7 cm³/mol. The van der Waals surface area contributed by atoms with Crippen molar-refractivity contribution in [2.45, 2.75) is 46.6 Å². The third-order valence-corrected chi connectivity index (χ3v) is 4.27. The number of carbonyl (C=O) groups is 1. The van der Waals surface area contributed by atoms with Gasteiger partial charge in [-0.3, -0.25) is 9.79 Å². The highest BCUT2D eigenvalue weighted by atomic mass is 16.2. The Kier molecular flexibility index (Phi) is 8.99. The molecule has 0 saturated carbocycles. The fourth-order valence-electron chi connectivity index (χ4n) is 2.91. The SMILES string of the molecule is CCCN(CC)CCNC(=NC)NC1CCN(C(=O)C(C)C)C1. The average Bonchev–Trinajstić information content (AvgIpc) is 3.00. The first-order valence-corrected chi connectivity index (χ1v) is 9.00. The highest BCUT2D eigenvalue weighted by molar-refractivity contribution is 5.81. The molecule has 0 spiro atoms. The predicted octanol–water partition coefficient (Wildman–Crippen LogP) is 1.14. The fraction of sp³-hybridized carbons (Fsp3) is 0.882. The molecule has 1 aliphatic heterocycles. The van der Waals surface area contributed by atoms with Gasteiger partial charge >= 0.3 is 0 Å². The van der Waals surface area contributed by atoms with Gasteiger partial charge in [0.2, 0.25) is 5.91 Å². The molecule has 0 bridgehead atoms. The van der Waals surface area contributed by atoms with E-state index in [0.29, 0.717) is 6.04 Å². The normalized spacial score (nSPS) is 18.8. The van der Waals surface area contributed by atoms with Crippen molar-refractivity contribution in [2.24, 2.45) is 10.9 Å². The molecule has 1 aliphatic rings. The van der Waals surface area contributed by atoms with Crippen molar-refractivity contribution in [3.63, 3.8) is 0 Å². The van der Waals surface area contributed by atoms with E-state index in [1.54, 1.807) is 7.05 Å². The molecule has 1 atom stereocenters. The molecule has 134 valence electrons. The summed E-state index contributed by atoms with van der Waals surface area (Å²) in [6.07, 6.45) is 2.17. The van der Waals surface area contributed by atoms with Gasteiger partial charge in [-0.25, -0.2) is 0 Å². The van der Waals surface area contributed by atoms with Gasteiger partial charge < -0.3 is 20.4 Å². The standard InChI is InChI=1S/C17H35N5O/c1-6-10-21(7-2)12-9-19-17(18-5)20-15-8-11-22(13-15)16(23)14(3)4/h14-15H,6-13H2,1-5H3,(H2,18,19,20). The summed E-state index contributed by atoms with van der Waals surface area (Å²) in [5.41, 5.74) is 0. The minimum Gasteiger partial charge on any atom is -0.355 e. The maximum absolute atomic E-state index is 12.0. The quantitative estimate of drug-likeness (QED) is 0.519. The van der Waals surface area contributed by atoms with Crippen LogP contribution in [0.15, 0.2) is 4.99 Å². The largest absolute Gasteiger partial charge is 0.355 e. The third-order valence-electron chi connectivity index (χ3n) is 4.27. The zero-order valence-corrected chi connectivity index (χ0v) is 15.6. The Balaban J connectivity index is 2.33. The van der Waals surface area contributed by atoms with Gasteiger partial charge in [-0.15, -0.1) is 0 Å². The molecule has 1 rings (SSSR count). The van der Waals surface area contributed by atoms with Crippen molar-refractivity contribution in [3.05, 3.63) is 0 Å². The number of likely N-dealkylation sites (N-methyl/N-ethyl adjacent to an activating group) is 1. The number of likely N-dealkylation sites (tertiary alicyclic amines) is 1. The molecule has 1 saturated heterocycles. The molecule has 0 aromatic heterocycles. The number of hydrogen-bond acceptors (Lipinski definition) is 3. The van der Waals surface area contributed by atoms with Crippen LogP contribution >= 0.6 is 0 Å². The minimum absolute atomic E-state index is 0.0739. The summed E-state index contributed by atoms with van der Waals surface area (Å²) in [5.74, 6) is 1.15. The number of aliphatic imine (C=N–C) groups is 1. The maximum Gasteiger partial charge on any atom is 0.225 e. The molecule has 0 aromatic rings. The van der Waals surface area contributed by atoms with Crippen LogP contribution in [0.3, 0.4) is 0 Å². The summed E-state index contributed by atoms with van der Waals surface area (Å²) in [4.78, 5) is 20.7. The molecule has 0 aliphatic carbocycles. The van der Waals surface area contributed by atoms with E-state index in [1.807, 2.05) is 18.7 Å². The van der Waals surface area contributed by atoms with Gasteiger partial charge in [0.05, 0.1) is 0 Å². The molecule has 0 aromatic carbocycles. The first-order valence-electron chi connectivity index (χ1n) is 9.00. The molecule has 1 heterocycles. The van der Waals surface area contributed by atoms with Crippen LogP contribution in [0.2, 0.25) is 0 Å². The number of guanidine groups is 1. The Labute approximate surface area is 141 Å². The van der Waals surface area contributed by atoms with Crippen molar-refractivity contribution >= 4 is 11.9 Å². The van der Waals surface area contributed by atoms with Crippen LogP contribution in [-0.4, -0.2) is 74.0 Å². The molecule has 0 radical (unpaired) electrons. The second-order valence-electron chi connectivity index (χ2n) is 6.50. The second kappa shape index (κ2) is 10.5. The highest BCUT2D eigenvalue weighted by Gasteiger charge is 2.27. The van der Waals surface area contributed by atoms with Gasteiger partial charge in [0.25, 0.3) is 0 Å². The van der Waals surface area contributed by atoms with Crippen molar-refractivity contribution in [1.82, 2.24) is 20.4 Å². The van der Waals surface area contributed by atoms with Crippen LogP contribution in [0.1, 0.15) is 40.5 Å². The highest BCUT2D eigenvalue weighted by Crippen LogP contribution is 2.12. The zero-order chi connectivity index (χ0) is 17.2. The van der Waals surface area contributed by atoms with E-state index in [2.05, 4.69) is 34.4 Å². The van der Waals surface area contributed by atoms with E-state index >= 15 is 0 Å². The lowest BCUT2D eigenvalue weighted by Crippen LogP contribution is -2.47. The third kappa shape index (κ3) is 6.77. The van der Waals surface area contributed by atoms with E-state index in [-0.39, 0.29) is 11.8 Å². The smallest absolute Gasteiger partial charge is 0.225 e. The van der Waals surface area contributed by atoms with Crippen LogP contribution in [0.4, 0.5) is 0 Å². The van der Waals surface area contributed by atoms with Crippen molar-refractivity contribution in [3.8, 4) is 0 Å². The lowest BCUT2D eigenvalue weighted by molar-refractivity contribution is -0.133. The molecule has 6 nitrogen and oxygen atoms in total. The van der Waals surface area contributed by atoms with Crippen molar-refractivity contribution in [1.29, 1.82) is 0 Å². The van der Waals surface area contributed by atoms with Crippen LogP contribution in [-0.2, 0) is 4.79 Å². The van der Waals surface area contributed by atoms with E-state index in [1.165, 1.54) is 6.42 Å². The summed E-state index contributed by atoms with van der Waals surface area (Å²) in [5, 5.41) is 6.82. The fourth-order valence-corrected chi connectivity index (χ4v) is 2.91. The van der Waals surface area contributed by atoms with E-state index < -0.39 is 0 Å². The van der Waals surface area contributed by atoms with Crippen LogP contribution in [0.25, 0.3) is 0 Å². The van der Waals surface area contributed by atoms with Gasteiger partial charge in [-0.2, -0.15) is 0 Å². The number of hydrogen-bond donors (Lipinski definition) is 2. The Morgan fingerprint density at radius 1 is 1.35 bits per heavy atom. The molecule has 1 amide bonds. The molecule has 6 heteroatoms. The van der Waals surface area contributed by atoms with Crippen LogP contribution < -0.4 is 10.6 Å². The molecule has 1 unspecified atom stereocenters. The van der Waals surface area contributed by atoms with Crippen LogP contribution in [0, 0.1) is 5.92 Å². The number of nitrogens with zero attached hydrogens (tertiary/aromatic N) is 3.